The molecule has 0 unspecified atom stereocenters. The van der Waals surface area contributed by atoms with E-state index in [9.17, 15) is 50.5 Å². The summed E-state index contributed by atoms with van der Waals surface area (Å²) in [4.78, 5) is 33.9. The number of carbonyl (C=O) groups excluding carboxylic acids is 3. The molecular formula is C36H26N8Na2O11S2. The van der Waals surface area contributed by atoms with Crippen molar-refractivity contribution in [1.82, 2.24) is 0 Å². The first-order chi connectivity index (χ1) is 26.9. The minimum absolute atomic E-state index is 0. The second-order valence-electron chi connectivity index (χ2n) is 12.0. The molecule has 0 aliphatic heterocycles. The van der Waals surface area contributed by atoms with Crippen LogP contribution in [-0.2, 0) is 25.0 Å². The van der Waals surface area contributed by atoms with E-state index in [2.05, 4.69) is 36.4 Å². The molecule has 6 aromatic carbocycles. The summed E-state index contributed by atoms with van der Waals surface area (Å²) < 4.78 is 68.7. The van der Waals surface area contributed by atoms with Gasteiger partial charge in [0.25, 0.3) is 26.1 Å². The van der Waals surface area contributed by atoms with Gasteiger partial charge in [-0.1, -0.05) is 23.6 Å². The van der Waals surface area contributed by atoms with Gasteiger partial charge in [-0.2, -0.15) is 27.1 Å². The number of benzene rings is 6. The number of fused-ring (bicyclic) bond motifs is 2. The molecule has 0 saturated carbocycles. The van der Waals surface area contributed by atoms with Crippen LogP contribution in [0.15, 0.2) is 127 Å². The Morgan fingerprint density at radius 2 is 0.983 bits per heavy atom. The molecular weight excluding hydrogens is 831 g/mol. The fraction of sp³-hybridized carbons (Fsp3) is 0.0278. The number of azo groups is 2. The Hall–Kier alpha value is -5.33. The summed E-state index contributed by atoms with van der Waals surface area (Å²) in [5.41, 5.74) is 4.91. The molecule has 0 spiro atoms. The third-order valence-corrected chi connectivity index (χ3v) is 9.73. The maximum absolute atomic E-state index is 13.4. The van der Waals surface area contributed by atoms with Gasteiger partial charge in [0, 0.05) is 29.5 Å². The Morgan fingerprint density at radius 1 is 0.576 bits per heavy atom. The summed E-state index contributed by atoms with van der Waals surface area (Å²) in [7, 11) is -9.96. The molecule has 0 saturated heterocycles. The zero-order valence-corrected chi connectivity index (χ0v) is 36.6. The predicted molar refractivity (Wildman–Crippen MR) is 203 cm³/mol. The first-order valence-corrected chi connectivity index (χ1v) is 18.9. The molecule has 4 amide bonds. The zero-order valence-electron chi connectivity index (χ0n) is 31.0. The minimum atomic E-state index is -4.99. The maximum atomic E-state index is 13.4. The Balaban J connectivity index is 0.00000384. The van der Waals surface area contributed by atoms with Gasteiger partial charge in [0.2, 0.25) is 5.91 Å². The van der Waals surface area contributed by atoms with Gasteiger partial charge in [-0.15, -0.1) is 10.2 Å². The van der Waals surface area contributed by atoms with Crippen LogP contribution in [0.25, 0.3) is 21.5 Å². The average molecular weight is 857 g/mol. The third kappa shape index (κ3) is 11.0. The molecule has 0 aliphatic rings. The van der Waals surface area contributed by atoms with Crippen LogP contribution in [0.1, 0.15) is 17.3 Å². The van der Waals surface area contributed by atoms with E-state index in [0.29, 0.717) is 5.69 Å². The maximum Gasteiger partial charge on any atom is 1.00 e. The van der Waals surface area contributed by atoms with Gasteiger partial charge in [0.15, 0.2) is 0 Å². The molecule has 0 atom stereocenters. The van der Waals surface area contributed by atoms with Crippen LogP contribution in [0.5, 0.6) is 11.5 Å². The van der Waals surface area contributed by atoms with Gasteiger partial charge in [0.1, 0.15) is 9.79 Å². The molecule has 0 radical (unpaired) electrons. The van der Waals surface area contributed by atoms with Crippen molar-refractivity contribution in [3.63, 3.8) is 0 Å². The number of primary amides is 1. The summed E-state index contributed by atoms with van der Waals surface area (Å²) in [6.07, 6.45) is 0. The van der Waals surface area contributed by atoms with Crippen LogP contribution in [0.2, 0.25) is 0 Å². The van der Waals surface area contributed by atoms with Gasteiger partial charge in [-0.3, -0.25) is 18.7 Å². The van der Waals surface area contributed by atoms with E-state index in [4.69, 9.17) is 5.73 Å². The summed E-state index contributed by atoms with van der Waals surface area (Å²) in [5.74, 6) is -2.71. The predicted octanol–water partition coefficient (Wildman–Crippen LogP) is 0.174. The molecule has 7 N–H and O–H groups in total. The zero-order chi connectivity index (χ0) is 41.2. The Labute approximate surface area is 378 Å². The second-order valence-corrected chi connectivity index (χ2v) is 14.8. The Kier molecular flexibility index (Phi) is 14.7. The number of urea groups is 1. The van der Waals surface area contributed by atoms with E-state index in [1.54, 1.807) is 0 Å². The number of nitrogens with zero attached hydrogens (tertiary/aromatic N) is 4. The number of nitrogens with two attached hydrogens (primary N) is 1. The van der Waals surface area contributed by atoms with Crippen LogP contribution in [-0.4, -0.2) is 43.8 Å². The normalized spacial score (nSPS) is 11.6. The SMILES string of the molecule is CC(=O)Nc1ccc(N=Nc2c(S(=O)(=O)O)cc3cc(NC(=O)c4ccc(N=Nc5c(S(=O)(=O)O)cc6cc(NC(N)=O)ccc6c5[O-])cc4)ccc3c2[O-])cc1.[Na+].[Na+]. The van der Waals surface area contributed by atoms with E-state index in [0.717, 1.165) is 12.1 Å². The summed E-state index contributed by atoms with van der Waals surface area (Å²) in [6, 6.07) is 20.3. The molecule has 0 aliphatic carbocycles. The number of hydrogen-bond acceptors (Lipinski definition) is 13. The largest absolute Gasteiger partial charge is 1.00 e. The van der Waals surface area contributed by atoms with Crippen LogP contribution >= 0.6 is 0 Å². The standard InChI is InChI=1S/C36H28N8O11S2.2Na/c1-18(45)38-22-6-8-24(9-7-22)42-44-32-29(56(50,51)52)16-20-14-25(10-12-27(20)33(32)46)39-35(48)19-2-4-23(5-3-19)41-43-31-30(57(53,54)55)17-21-15-26(40-36(37)49)11-13-28(21)34(31)47;;/h2-17,46-47H,1H3,(H,38,45)(H,39,48)(H3,37,40,49)(H,50,51,52)(H,53,54,55);;/q;2*+1/p-2. The topological polar surface area (TPSA) is 318 Å². The Morgan fingerprint density at radius 3 is 1.39 bits per heavy atom. The first-order valence-electron chi connectivity index (χ1n) is 16.1. The molecule has 0 aromatic heterocycles. The smallest absolute Gasteiger partial charge is 0.871 e. The molecule has 0 heterocycles. The van der Waals surface area contributed by atoms with Crippen molar-refractivity contribution in [1.29, 1.82) is 0 Å². The summed E-state index contributed by atoms with van der Waals surface area (Å²) >= 11 is 0. The van der Waals surface area contributed by atoms with Crippen molar-refractivity contribution in [2.45, 2.75) is 16.7 Å². The van der Waals surface area contributed by atoms with Gasteiger partial charge < -0.3 is 31.9 Å². The molecule has 6 rings (SSSR count). The number of amides is 4. The number of rotatable bonds is 10. The van der Waals surface area contributed by atoms with E-state index >= 15 is 0 Å². The third-order valence-electron chi connectivity index (χ3n) is 7.99. The minimum Gasteiger partial charge on any atom is -0.871 e. The number of hydrogen-bond donors (Lipinski definition) is 6. The molecule has 19 nitrogen and oxygen atoms in total. The van der Waals surface area contributed by atoms with Gasteiger partial charge in [0.05, 0.1) is 22.7 Å². The average Bonchev–Trinajstić information content (AvgIpc) is 3.13. The van der Waals surface area contributed by atoms with Crippen molar-refractivity contribution >= 4 is 99.4 Å². The first kappa shape index (κ1) is 46.4. The molecule has 59 heavy (non-hydrogen) atoms. The van der Waals surface area contributed by atoms with Crippen molar-refractivity contribution in [3.05, 3.63) is 103 Å². The fourth-order valence-electron chi connectivity index (χ4n) is 5.47. The van der Waals surface area contributed by atoms with Gasteiger partial charge >= 0.3 is 65.1 Å². The van der Waals surface area contributed by atoms with E-state index in [-0.39, 0.29) is 115 Å². The summed E-state index contributed by atoms with van der Waals surface area (Å²) in [5, 5.41) is 49.5. The van der Waals surface area contributed by atoms with Crippen LogP contribution < -0.4 is 91.0 Å². The van der Waals surface area contributed by atoms with Crippen LogP contribution in [0, 0.1) is 0 Å². The van der Waals surface area contributed by atoms with Crippen LogP contribution in [0.4, 0.5) is 44.6 Å². The van der Waals surface area contributed by atoms with E-state index in [1.807, 2.05) is 0 Å². The molecule has 23 heteroatoms. The molecule has 290 valence electrons. The number of carbonyl (C=O) groups is 3. The van der Waals surface area contributed by atoms with E-state index < -0.39 is 64.8 Å². The van der Waals surface area contributed by atoms with E-state index in [1.165, 1.54) is 91.9 Å². The molecule has 0 bridgehead atoms. The quantitative estimate of drug-likeness (QED) is 0.0613. The summed E-state index contributed by atoms with van der Waals surface area (Å²) in [6.45, 7) is 1.33. The molecule has 0 fully saturated rings. The van der Waals surface area contributed by atoms with Crippen molar-refractivity contribution in [2.24, 2.45) is 26.2 Å². The fourth-order valence-corrected chi connectivity index (χ4v) is 6.78. The van der Waals surface area contributed by atoms with Crippen molar-refractivity contribution in [3.8, 4) is 11.5 Å². The van der Waals surface area contributed by atoms with Gasteiger partial charge in [-0.05, 0) is 106 Å². The van der Waals surface area contributed by atoms with Crippen LogP contribution in [0.3, 0.4) is 0 Å². The Bertz CT molecular complexity index is 2930. The second kappa shape index (κ2) is 18.7. The monoisotopic (exact) mass is 856 g/mol. The van der Waals surface area contributed by atoms with Gasteiger partial charge in [-0.25, -0.2) is 4.79 Å². The number of nitrogens with one attached hydrogen (secondary N) is 3. The molecule has 6 aromatic rings. The number of anilines is 3. The van der Waals surface area contributed by atoms with Crippen molar-refractivity contribution < 1.29 is 110 Å². The van der Waals surface area contributed by atoms with Crippen molar-refractivity contribution in [2.75, 3.05) is 16.0 Å².